The van der Waals surface area contributed by atoms with Gasteiger partial charge in [-0.2, -0.15) is 0 Å². The summed E-state index contributed by atoms with van der Waals surface area (Å²) < 4.78 is 0. The molecule has 0 unspecified atom stereocenters. The predicted octanol–water partition coefficient (Wildman–Crippen LogP) is 4.03. The zero-order valence-corrected chi connectivity index (χ0v) is 15.3. The minimum absolute atomic E-state index is 0. The summed E-state index contributed by atoms with van der Waals surface area (Å²) in [5.41, 5.74) is 1.11. The van der Waals surface area contributed by atoms with Crippen LogP contribution in [0.2, 0.25) is 10.0 Å². The third-order valence-electron chi connectivity index (χ3n) is 2.41. The van der Waals surface area contributed by atoms with Crippen molar-refractivity contribution >= 4 is 53.1 Å². The Labute approximate surface area is 142 Å². The monoisotopic (exact) mass is 415 g/mol. The quantitative estimate of drug-likeness (QED) is 0.456. The Hall–Kier alpha value is -0.200. The molecule has 19 heavy (non-hydrogen) atoms. The molecular formula is C13H20Cl2IN3. The summed E-state index contributed by atoms with van der Waals surface area (Å²) in [6.07, 6.45) is 0. The van der Waals surface area contributed by atoms with E-state index in [1.54, 1.807) is 0 Å². The molecule has 0 fully saturated rings. The Morgan fingerprint density at radius 2 is 1.95 bits per heavy atom. The van der Waals surface area contributed by atoms with Crippen LogP contribution >= 0.6 is 47.2 Å². The molecule has 6 heteroatoms. The summed E-state index contributed by atoms with van der Waals surface area (Å²) in [5, 5.41) is 4.41. The Balaban J connectivity index is 0.00000324. The van der Waals surface area contributed by atoms with Crippen molar-refractivity contribution in [1.82, 2.24) is 10.2 Å². The molecule has 0 saturated carbocycles. The first-order valence-corrected chi connectivity index (χ1v) is 6.77. The topological polar surface area (TPSA) is 27.6 Å². The lowest BCUT2D eigenvalue weighted by atomic mass is 10.2. The first-order chi connectivity index (χ1) is 8.58. The highest BCUT2D eigenvalue weighted by Gasteiger charge is 2.07. The summed E-state index contributed by atoms with van der Waals surface area (Å²) >= 11 is 11.9. The van der Waals surface area contributed by atoms with Gasteiger partial charge in [-0.15, -0.1) is 24.0 Å². The van der Waals surface area contributed by atoms with Gasteiger partial charge < -0.3 is 10.2 Å². The Morgan fingerprint density at radius 3 is 2.47 bits per heavy atom. The van der Waals surface area contributed by atoms with E-state index in [0.29, 0.717) is 10.0 Å². The van der Waals surface area contributed by atoms with Crippen LogP contribution in [0.5, 0.6) is 0 Å². The maximum absolute atomic E-state index is 6.00. The van der Waals surface area contributed by atoms with E-state index in [1.807, 2.05) is 32.2 Å². The number of guanidine groups is 1. The first-order valence-electron chi connectivity index (χ1n) is 6.01. The molecule has 0 aliphatic heterocycles. The van der Waals surface area contributed by atoms with Gasteiger partial charge in [-0.1, -0.05) is 29.3 Å². The van der Waals surface area contributed by atoms with Gasteiger partial charge in [0.1, 0.15) is 0 Å². The van der Waals surface area contributed by atoms with Crippen molar-refractivity contribution in [3.63, 3.8) is 0 Å². The van der Waals surface area contributed by atoms with E-state index in [2.05, 4.69) is 22.1 Å². The zero-order valence-electron chi connectivity index (χ0n) is 11.4. The molecule has 0 radical (unpaired) electrons. The van der Waals surface area contributed by atoms with Crippen LogP contribution in [0.3, 0.4) is 0 Å². The molecule has 0 saturated heterocycles. The van der Waals surface area contributed by atoms with E-state index >= 15 is 0 Å². The van der Waals surface area contributed by atoms with Gasteiger partial charge >= 0.3 is 0 Å². The first kappa shape index (κ1) is 18.8. The van der Waals surface area contributed by atoms with Gasteiger partial charge in [-0.3, -0.25) is 4.99 Å². The lowest BCUT2D eigenvalue weighted by Crippen LogP contribution is -2.38. The van der Waals surface area contributed by atoms with Gasteiger partial charge in [-0.25, -0.2) is 0 Å². The highest BCUT2D eigenvalue weighted by atomic mass is 127. The molecule has 1 aromatic rings. The maximum Gasteiger partial charge on any atom is 0.193 e. The van der Waals surface area contributed by atoms with Crippen LogP contribution in [0.4, 0.5) is 0 Å². The van der Waals surface area contributed by atoms with Crippen LogP contribution in [0.15, 0.2) is 23.2 Å². The highest BCUT2D eigenvalue weighted by Crippen LogP contribution is 2.23. The highest BCUT2D eigenvalue weighted by molar-refractivity contribution is 14.0. The Kier molecular flexibility index (Phi) is 9.56. The lowest BCUT2D eigenvalue weighted by Gasteiger charge is -2.22. The molecule has 0 aliphatic carbocycles. The molecule has 0 aliphatic rings. The van der Waals surface area contributed by atoms with Crippen molar-refractivity contribution in [2.45, 2.75) is 20.4 Å². The molecule has 0 amide bonds. The second kappa shape index (κ2) is 9.66. The maximum atomic E-state index is 6.00. The fraction of sp³-hybridized carbons (Fsp3) is 0.462. The van der Waals surface area contributed by atoms with E-state index in [0.717, 1.165) is 31.2 Å². The smallest absolute Gasteiger partial charge is 0.193 e. The van der Waals surface area contributed by atoms with Gasteiger partial charge in [0, 0.05) is 26.7 Å². The van der Waals surface area contributed by atoms with Crippen molar-refractivity contribution in [2.24, 2.45) is 4.99 Å². The van der Waals surface area contributed by atoms with Crippen molar-refractivity contribution in [3.8, 4) is 0 Å². The summed E-state index contributed by atoms with van der Waals surface area (Å²) in [7, 11) is 2.00. The minimum atomic E-state index is 0. The fourth-order valence-electron chi connectivity index (χ4n) is 1.61. The molecule has 0 bridgehead atoms. The number of nitrogens with zero attached hydrogens (tertiary/aromatic N) is 2. The number of halogens is 3. The predicted molar refractivity (Wildman–Crippen MR) is 95.0 cm³/mol. The van der Waals surface area contributed by atoms with Gasteiger partial charge in [0.05, 0.1) is 10.0 Å². The van der Waals surface area contributed by atoms with Crippen molar-refractivity contribution in [2.75, 3.05) is 20.1 Å². The lowest BCUT2D eigenvalue weighted by molar-refractivity contribution is 0.477. The zero-order chi connectivity index (χ0) is 13.5. The second-order valence-corrected chi connectivity index (χ2v) is 4.75. The molecule has 0 atom stereocenters. The van der Waals surface area contributed by atoms with E-state index in [4.69, 9.17) is 23.2 Å². The summed E-state index contributed by atoms with van der Waals surface area (Å²) in [4.78, 5) is 6.48. The average molecular weight is 416 g/mol. The van der Waals surface area contributed by atoms with E-state index in [9.17, 15) is 0 Å². The molecule has 108 valence electrons. The van der Waals surface area contributed by atoms with Crippen molar-refractivity contribution in [3.05, 3.63) is 33.8 Å². The normalized spacial score (nSPS) is 10.9. The van der Waals surface area contributed by atoms with Gasteiger partial charge in [-0.05, 0) is 31.5 Å². The van der Waals surface area contributed by atoms with Crippen LogP contribution < -0.4 is 5.32 Å². The molecule has 1 N–H and O–H groups in total. The van der Waals surface area contributed by atoms with Gasteiger partial charge in [0.25, 0.3) is 0 Å². The number of benzene rings is 1. The van der Waals surface area contributed by atoms with Gasteiger partial charge in [0.2, 0.25) is 0 Å². The average Bonchev–Trinajstić information content (AvgIpc) is 2.33. The summed E-state index contributed by atoms with van der Waals surface area (Å²) in [6.45, 7) is 6.42. The number of rotatable bonds is 4. The van der Waals surface area contributed by atoms with Crippen LogP contribution in [0.25, 0.3) is 0 Å². The second-order valence-electron chi connectivity index (χ2n) is 3.93. The van der Waals surface area contributed by atoms with E-state index in [-0.39, 0.29) is 24.0 Å². The fourth-order valence-corrected chi connectivity index (χ4v) is 1.93. The molecule has 3 nitrogen and oxygen atoms in total. The standard InChI is InChI=1S/C13H19Cl2N3.HI/c1-4-16-13(17-5-2)18(3)9-10-6-7-11(14)12(15)8-10;/h6-8H,4-5,9H2,1-3H3,(H,16,17);1H. The number of hydrogen-bond acceptors (Lipinski definition) is 1. The van der Waals surface area contributed by atoms with Crippen LogP contribution in [0, 0.1) is 0 Å². The van der Waals surface area contributed by atoms with Gasteiger partial charge in [0.15, 0.2) is 5.96 Å². The van der Waals surface area contributed by atoms with E-state index in [1.165, 1.54) is 0 Å². The van der Waals surface area contributed by atoms with E-state index < -0.39 is 0 Å². The van der Waals surface area contributed by atoms with Crippen LogP contribution in [0.1, 0.15) is 19.4 Å². The third kappa shape index (κ3) is 6.19. The van der Waals surface area contributed by atoms with Crippen molar-refractivity contribution < 1.29 is 0 Å². The number of hydrogen-bond donors (Lipinski definition) is 1. The largest absolute Gasteiger partial charge is 0.357 e. The van der Waals surface area contributed by atoms with Crippen LogP contribution in [-0.4, -0.2) is 31.0 Å². The molecule has 0 aromatic heterocycles. The molecule has 0 spiro atoms. The molecule has 1 rings (SSSR count). The third-order valence-corrected chi connectivity index (χ3v) is 3.15. The Morgan fingerprint density at radius 1 is 1.26 bits per heavy atom. The molecular weight excluding hydrogens is 396 g/mol. The number of aliphatic imine (C=N–C) groups is 1. The SMILES string of the molecule is CCN=C(NCC)N(C)Cc1ccc(Cl)c(Cl)c1.I. The minimum Gasteiger partial charge on any atom is -0.357 e. The molecule has 1 aromatic carbocycles. The van der Waals surface area contributed by atoms with Crippen molar-refractivity contribution in [1.29, 1.82) is 0 Å². The summed E-state index contributed by atoms with van der Waals surface area (Å²) in [5.74, 6) is 0.895. The number of nitrogens with one attached hydrogen (secondary N) is 1. The molecule has 0 heterocycles. The Bertz CT molecular complexity index is 424. The van der Waals surface area contributed by atoms with Crippen LogP contribution in [-0.2, 0) is 6.54 Å². The summed E-state index contributed by atoms with van der Waals surface area (Å²) in [6, 6.07) is 5.67.